The molecule has 9 heteroatoms. The number of benzene rings is 2. The van der Waals surface area contributed by atoms with Crippen molar-refractivity contribution < 1.29 is 19.1 Å². The molecule has 0 spiro atoms. The molecule has 0 unspecified atom stereocenters. The largest absolute Gasteiger partial charge is 0.465 e. The molecule has 5 rings (SSSR count). The summed E-state index contributed by atoms with van der Waals surface area (Å²) in [5.74, 6) is -0.429. The van der Waals surface area contributed by atoms with Gasteiger partial charge in [-0.3, -0.25) is 14.2 Å². The molecule has 0 bridgehead atoms. The van der Waals surface area contributed by atoms with Gasteiger partial charge < -0.3 is 14.0 Å². The molecule has 0 radical (unpaired) electrons. The number of esters is 2. The van der Waals surface area contributed by atoms with Gasteiger partial charge in [0.05, 0.1) is 35.1 Å². The lowest BCUT2D eigenvalue weighted by Gasteiger charge is -2.26. The predicted molar refractivity (Wildman–Crippen MR) is 173 cm³/mol. The molecule has 0 aliphatic carbocycles. The Bertz CT molecular complexity index is 1930. The Morgan fingerprint density at radius 1 is 1.02 bits per heavy atom. The molecule has 0 amide bonds. The summed E-state index contributed by atoms with van der Waals surface area (Å²) in [4.78, 5) is 45.7. The Morgan fingerprint density at radius 3 is 2.39 bits per heavy atom. The van der Waals surface area contributed by atoms with Crippen molar-refractivity contribution in [2.45, 2.75) is 72.9 Å². The van der Waals surface area contributed by atoms with Crippen LogP contribution in [0.25, 0.3) is 17.0 Å². The van der Waals surface area contributed by atoms with E-state index in [-0.39, 0.29) is 24.7 Å². The maximum Gasteiger partial charge on any atom is 0.338 e. The topological polar surface area (TPSA) is 91.9 Å². The first-order valence-corrected chi connectivity index (χ1v) is 16.1. The van der Waals surface area contributed by atoms with Gasteiger partial charge in [0, 0.05) is 22.2 Å². The molecule has 1 atom stereocenters. The number of aromatic nitrogens is 2. The second-order valence-electron chi connectivity index (χ2n) is 11.1. The summed E-state index contributed by atoms with van der Waals surface area (Å²) >= 11 is 1.31. The van der Waals surface area contributed by atoms with Crippen molar-refractivity contribution in [2.24, 2.45) is 4.99 Å². The highest BCUT2D eigenvalue weighted by Crippen LogP contribution is 2.33. The molecule has 44 heavy (non-hydrogen) atoms. The number of thiazole rings is 1. The van der Waals surface area contributed by atoms with Crippen molar-refractivity contribution in [3.8, 4) is 0 Å². The smallest absolute Gasteiger partial charge is 0.338 e. The third kappa shape index (κ3) is 5.80. The van der Waals surface area contributed by atoms with Gasteiger partial charge in [0.2, 0.25) is 0 Å². The SMILES string of the molecule is CCCC1=C(C(=O)OCC)[C@@H](c2ccc(C(C)C)cc2)n2c(s/c(=C\c3c(C)n(CC(=O)OCC)c4ccccc34)c2=O)=N1. The number of rotatable bonds is 10. The van der Waals surface area contributed by atoms with Gasteiger partial charge in [0.1, 0.15) is 6.54 Å². The van der Waals surface area contributed by atoms with Crippen LogP contribution in [0.2, 0.25) is 0 Å². The zero-order valence-electron chi connectivity index (χ0n) is 26.2. The van der Waals surface area contributed by atoms with Crippen LogP contribution in [0.4, 0.5) is 0 Å². The molecule has 0 N–H and O–H groups in total. The van der Waals surface area contributed by atoms with E-state index in [1.165, 1.54) is 16.9 Å². The van der Waals surface area contributed by atoms with E-state index in [1.54, 1.807) is 18.4 Å². The van der Waals surface area contributed by atoms with Crippen LogP contribution in [0.5, 0.6) is 0 Å². The Morgan fingerprint density at radius 2 is 1.73 bits per heavy atom. The van der Waals surface area contributed by atoms with Crippen molar-refractivity contribution in [3.05, 3.63) is 102 Å². The summed E-state index contributed by atoms with van der Waals surface area (Å²) in [5.41, 5.74) is 5.42. The van der Waals surface area contributed by atoms with Crippen LogP contribution in [0.1, 0.15) is 81.8 Å². The van der Waals surface area contributed by atoms with Crippen molar-refractivity contribution >= 4 is 40.3 Å². The average molecular weight is 614 g/mol. The molecule has 2 aromatic heterocycles. The minimum absolute atomic E-state index is 0.0743. The summed E-state index contributed by atoms with van der Waals surface area (Å²) in [6.07, 6.45) is 3.25. The van der Waals surface area contributed by atoms with Crippen LogP contribution >= 0.6 is 11.3 Å². The van der Waals surface area contributed by atoms with E-state index < -0.39 is 12.0 Å². The number of hydrogen-bond donors (Lipinski definition) is 0. The summed E-state index contributed by atoms with van der Waals surface area (Å²) in [6.45, 7) is 12.4. The summed E-state index contributed by atoms with van der Waals surface area (Å²) in [7, 11) is 0. The van der Waals surface area contributed by atoms with Crippen LogP contribution in [0.3, 0.4) is 0 Å². The summed E-state index contributed by atoms with van der Waals surface area (Å²) in [6, 6.07) is 15.3. The van der Waals surface area contributed by atoms with Gasteiger partial charge >= 0.3 is 11.9 Å². The molecule has 8 nitrogen and oxygen atoms in total. The Labute approximate surface area is 261 Å². The zero-order chi connectivity index (χ0) is 31.5. The summed E-state index contributed by atoms with van der Waals surface area (Å²) in [5, 5.41) is 0.930. The number of carbonyl (C=O) groups excluding carboxylic acids is 2. The summed E-state index contributed by atoms with van der Waals surface area (Å²) < 4.78 is 14.8. The average Bonchev–Trinajstić information content (AvgIpc) is 3.45. The van der Waals surface area contributed by atoms with E-state index >= 15 is 0 Å². The van der Waals surface area contributed by atoms with E-state index in [0.717, 1.165) is 34.1 Å². The van der Waals surface area contributed by atoms with Gasteiger partial charge in [-0.15, -0.1) is 0 Å². The van der Waals surface area contributed by atoms with Crippen LogP contribution in [-0.2, 0) is 25.6 Å². The fraction of sp³-hybridized carbons (Fsp3) is 0.371. The highest BCUT2D eigenvalue weighted by atomic mass is 32.1. The minimum atomic E-state index is -0.665. The number of para-hydroxylation sites is 1. The number of carbonyl (C=O) groups is 2. The van der Waals surface area contributed by atoms with Gasteiger partial charge in [-0.05, 0) is 56.4 Å². The molecule has 0 saturated carbocycles. The Hall–Kier alpha value is -4.24. The maximum atomic E-state index is 14.3. The maximum absolute atomic E-state index is 14.3. The van der Waals surface area contributed by atoms with Crippen molar-refractivity contribution in [1.82, 2.24) is 9.13 Å². The standard InChI is InChI=1S/C35H39N3O5S/c1-7-12-27-31(34(41)43-9-3)32(24-17-15-23(16-18-24)21(4)5)38-33(40)29(44-35(38)36-27)19-26-22(6)37(20-30(39)42-8-2)28-14-11-10-13-25(26)28/h10-11,13-19,21,32H,7-9,12,20H2,1-6H3/b29-19-/t32-/m1/s1. The zero-order valence-corrected chi connectivity index (χ0v) is 27.0. The number of hydrogen-bond acceptors (Lipinski definition) is 7. The highest BCUT2D eigenvalue weighted by molar-refractivity contribution is 7.07. The molecule has 230 valence electrons. The van der Waals surface area contributed by atoms with E-state index in [2.05, 4.69) is 26.0 Å². The van der Waals surface area contributed by atoms with Crippen molar-refractivity contribution in [3.63, 3.8) is 0 Å². The molecule has 3 heterocycles. The van der Waals surface area contributed by atoms with Crippen molar-refractivity contribution in [1.29, 1.82) is 0 Å². The van der Waals surface area contributed by atoms with Gasteiger partial charge in [0.25, 0.3) is 5.56 Å². The fourth-order valence-corrected chi connectivity index (χ4v) is 6.81. The van der Waals surface area contributed by atoms with E-state index in [0.29, 0.717) is 39.5 Å². The molecule has 4 aromatic rings. The van der Waals surface area contributed by atoms with Crippen LogP contribution < -0.4 is 14.9 Å². The van der Waals surface area contributed by atoms with Crippen molar-refractivity contribution in [2.75, 3.05) is 13.2 Å². The third-order valence-electron chi connectivity index (χ3n) is 7.96. The van der Waals surface area contributed by atoms with Gasteiger partial charge in [-0.25, -0.2) is 9.79 Å². The first-order valence-electron chi connectivity index (χ1n) is 15.2. The van der Waals surface area contributed by atoms with Gasteiger partial charge in [-0.1, -0.05) is 81.0 Å². The number of nitrogens with zero attached hydrogens (tertiary/aromatic N) is 3. The molecule has 2 aromatic carbocycles. The first kappa shape index (κ1) is 31.2. The molecule has 0 fully saturated rings. The van der Waals surface area contributed by atoms with E-state index in [4.69, 9.17) is 14.5 Å². The number of ether oxygens (including phenoxy) is 2. The number of fused-ring (bicyclic) bond motifs is 2. The molecule has 0 saturated heterocycles. The van der Waals surface area contributed by atoms with Crippen LogP contribution in [-0.4, -0.2) is 34.3 Å². The number of allylic oxidation sites excluding steroid dienone is 1. The van der Waals surface area contributed by atoms with Crippen LogP contribution in [0, 0.1) is 6.92 Å². The Kier molecular flexibility index (Phi) is 9.34. The molecular weight excluding hydrogens is 574 g/mol. The molecule has 1 aliphatic heterocycles. The second-order valence-corrected chi connectivity index (χ2v) is 12.2. The fourth-order valence-electron chi connectivity index (χ4n) is 5.81. The third-order valence-corrected chi connectivity index (χ3v) is 8.94. The Balaban J connectivity index is 1.74. The highest BCUT2D eigenvalue weighted by Gasteiger charge is 2.34. The monoisotopic (exact) mass is 613 g/mol. The molecule has 1 aliphatic rings. The predicted octanol–water partition coefficient (Wildman–Crippen LogP) is 5.53. The second kappa shape index (κ2) is 13.2. The normalized spacial score (nSPS) is 15.1. The lowest BCUT2D eigenvalue weighted by Crippen LogP contribution is -2.40. The lowest BCUT2D eigenvalue weighted by molar-refractivity contribution is -0.143. The van der Waals surface area contributed by atoms with E-state index in [1.807, 2.05) is 60.9 Å². The van der Waals surface area contributed by atoms with E-state index in [9.17, 15) is 14.4 Å². The van der Waals surface area contributed by atoms with Crippen LogP contribution in [0.15, 0.2) is 69.6 Å². The minimum Gasteiger partial charge on any atom is -0.465 e. The lowest BCUT2D eigenvalue weighted by atomic mass is 9.92. The van der Waals surface area contributed by atoms with Gasteiger partial charge in [-0.2, -0.15) is 0 Å². The quantitative estimate of drug-likeness (QED) is 0.220. The first-order chi connectivity index (χ1) is 21.2. The molecular formula is C35H39N3O5S. The van der Waals surface area contributed by atoms with Gasteiger partial charge in [0.15, 0.2) is 4.80 Å².